The van der Waals surface area contributed by atoms with Gasteiger partial charge in [0.1, 0.15) is 5.60 Å². The second kappa shape index (κ2) is 7.04. The second-order valence-electron chi connectivity index (χ2n) is 6.04. The molecule has 0 aliphatic heterocycles. The molecular weight excluding hydrogens is 354 g/mol. The van der Waals surface area contributed by atoms with Gasteiger partial charge in [-0.2, -0.15) is 0 Å². The minimum atomic E-state index is -1.12. The van der Waals surface area contributed by atoms with Crippen molar-refractivity contribution in [2.24, 2.45) is 0 Å². The zero-order valence-electron chi connectivity index (χ0n) is 12.8. The average Bonchev–Trinajstić information content (AvgIpc) is 3.18. The van der Waals surface area contributed by atoms with E-state index in [-0.39, 0.29) is 41.4 Å². The molecular formula is C14H20BrN3O4. The Morgan fingerprint density at radius 3 is 2.36 bits per heavy atom. The van der Waals surface area contributed by atoms with Crippen molar-refractivity contribution in [3.63, 3.8) is 0 Å². The maximum atomic E-state index is 12.2. The van der Waals surface area contributed by atoms with Crippen molar-refractivity contribution in [3.8, 4) is 0 Å². The third-order valence-electron chi connectivity index (χ3n) is 2.87. The molecule has 7 nitrogen and oxygen atoms in total. The smallest absolute Gasteiger partial charge is 0.410 e. The van der Waals surface area contributed by atoms with Crippen LogP contribution in [0, 0.1) is 0 Å². The van der Waals surface area contributed by atoms with Gasteiger partial charge >= 0.3 is 12.1 Å². The van der Waals surface area contributed by atoms with Crippen LogP contribution in [0.4, 0.5) is 4.79 Å². The summed E-state index contributed by atoms with van der Waals surface area (Å²) < 4.78 is 5.38. The van der Waals surface area contributed by atoms with Crippen LogP contribution in [0.3, 0.4) is 0 Å². The Morgan fingerprint density at radius 1 is 1.32 bits per heavy atom. The maximum Gasteiger partial charge on any atom is 0.410 e. The lowest BCUT2D eigenvalue weighted by molar-refractivity contribution is 0.0213. The van der Waals surface area contributed by atoms with Gasteiger partial charge in [0.05, 0.1) is 24.6 Å². The van der Waals surface area contributed by atoms with Crippen molar-refractivity contribution in [1.29, 1.82) is 0 Å². The van der Waals surface area contributed by atoms with E-state index in [1.165, 1.54) is 12.4 Å². The molecule has 0 unspecified atom stereocenters. The van der Waals surface area contributed by atoms with Gasteiger partial charge in [-0.05, 0) is 33.6 Å². The first-order valence-corrected chi connectivity index (χ1v) is 6.80. The number of carbonyl (C=O) groups excluding carboxylic acids is 1. The van der Waals surface area contributed by atoms with Crippen molar-refractivity contribution in [2.45, 2.75) is 51.8 Å². The van der Waals surface area contributed by atoms with Crippen molar-refractivity contribution < 1.29 is 19.4 Å². The number of nitrogens with zero attached hydrogens (tertiary/aromatic N) is 3. The predicted molar refractivity (Wildman–Crippen MR) is 84.1 cm³/mol. The number of ether oxygens (including phenoxy) is 1. The molecule has 0 atom stereocenters. The van der Waals surface area contributed by atoms with E-state index in [4.69, 9.17) is 9.84 Å². The normalized spacial score (nSPS) is 14.0. The molecule has 1 aromatic heterocycles. The van der Waals surface area contributed by atoms with Crippen LogP contribution >= 0.6 is 17.0 Å². The third kappa shape index (κ3) is 5.25. The number of hydrogen-bond donors (Lipinski definition) is 1. The summed E-state index contributed by atoms with van der Waals surface area (Å²) >= 11 is 0. The van der Waals surface area contributed by atoms with Crippen LogP contribution in [0.2, 0.25) is 0 Å². The van der Waals surface area contributed by atoms with Gasteiger partial charge in [-0.1, -0.05) is 0 Å². The molecule has 2 rings (SSSR count). The molecule has 0 bridgehead atoms. The van der Waals surface area contributed by atoms with Crippen LogP contribution in [0.15, 0.2) is 12.4 Å². The third-order valence-corrected chi connectivity index (χ3v) is 2.87. The second-order valence-corrected chi connectivity index (χ2v) is 6.04. The first-order valence-electron chi connectivity index (χ1n) is 6.80. The molecule has 0 radical (unpaired) electrons. The maximum absolute atomic E-state index is 12.2. The molecule has 1 heterocycles. The highest BCUT2D eigenvalue weighted by Crippen LogP contribution is 2.29. The Morgan fingerprint density at radius 2 is 1.95 bits per heavy atom. The van der Waals surface area contributed by atoms with Crippen molar-refractivity contribution >= 4 is 29.0 Å². The Bertz CT molecular complexity index is 538. The van der Waals surface area contributed by atoms with E-state index in [2.05, 4.69) is 9.97 Å². The molecule has 1 amide bonds. The lowest BCUT2D eigenvalue weighted by Gasteiger charge is -2.27. The number of amides is 1. The molecule has 1 saturated carbocycles. The van der Waals surface area contributed by atoms with E-state index in [0.29, 0.717) is 5.69 Å². The first kappa shape index (κ1) is 18.3. The number of carbonyl (C=O) groups is 2. The Balaban J connectivity index is 0.00000242. The van der Waals surface area contributed by atoms with E-state index in [0.717, 1.165) is 12.8 Å². The van der Waals surface area contributed by atoms with Crippen molar-refractivity contribution in [3.05, 3.63) is 23.8 Å². The highest BCUT2D eigenvalue weighted by molar-refractivity contribution is 8.93. The summed E-state index contributed by atoms with van der Waals surface area (Å²) in [4.78, 5) is 32.4. The molecule has 122 valence electrons. The SMILES string of the molecule is Br.CC(C)(C)OC(=O)N(Cc1cnc(C(=O)O)cn1)C1CC1. The molecule has 0 spiro atoms. The van der Waals surface area contributed by atoms with Crippen LogP contribution < -0.4 is 0 Å². The zero-order chi connectivity index (χ0) is 15.6. The number of hydrogen-bond acceptors (Lipinski definition) is 5. The van der Waals surface area contributed by atoms with Crippen LogP contribution in [0.25, 0.3) is 0 Å². The molecule has 22 heavy (non-hydrogen) atoms. The minimum absolute atomic E-state index is 0. The fraction of sp³-hybridized carbons (Fsp3) is 0.571. The Labute approximate surface area is 139 Å². The van der Waals surface area contributed by atoms with Gasteiger partial charge in [-0.3, -0.25) is 9.88 Å². The van der Waals surface area contributed by atoms with Crippen LogP contribution in [0.1, 0.15) is 49.8 Å². The van der Waals surface area contributed by atoms with Gasteiger partial charge in [0.2, 0.25) is 0 Å². The van der Waals surface area contributed by atoms with Gasteiger partial charge in [-0.15, -0.1) is 17.0 Å². The number of aromatic carboxylic acids is 1. The Kier molecular flexibility index (Phi) is 5.87. The predicted octanol–water partition coefficient (Wildman–Crippen LogP) is 2.65. The van der Waals surface area contributed by atoms with E-state index < -0.39 is 11.6 Å². The molecule has 1 aromatic rings. The van der Waals surface area contributed by atoms with Gasteiger partial charge < -0.3 is 9.84 Å². The van der Waals surface area contributed by atoms with E-state index in [1.807, 2.05) is 20.8 Å². The Hall–Kier alpha value is -1.70. The minimum Gasteiger partial charge on any atom is -0.476 e. The quantitative estimate of drug-likeness (QED) is 0.871. The lowest BCUT2D eigenvalue weighted by atomic mass is 10.2. The number of rotatable bonds is 4. The standard InChI is InChI=1S/C14H19N3O4.BrH/c1-14(2,3)21-13(20)17(10-4-5-10)8-9-6-16-11(7-15-9)12(18)19;/h6-7,10H,4-5,8H2,1-3H3,(H,18,19);1H. The van der Waals surface area contributed by atoms with E-state index >= 15 is 0 Å². The van der Waals surface area contributed by atoms with Gasteiger partial charge in [-0.25, -0.2) is 14.6 Å². The number of aromatic nitrogens is 2. The van der Waals surface area contributed by atoms with Crippen LogP contribution in [0.5, 0.6) is 0 Å². The highest BCUT2D eigenvalue weighted by Gasteiger charge is 2.35. The fourth-order valence-corrected chi connectivity index (χ4v) is 1.77. The summed E-state index contributed by atoms with van der Waals surface area (Å²) in [7, 11) is 0. The van der Waals surface area contributed by atoms with Crippen molar-refractivity contribution in [1.82, 2.24) is 14.9 Å². The fourth-order valence-electron chi connectivity index (χ4n) is 1.77. The summed E-state index contributed by atoms with van der Waals surface area (Å²) in [6.45, 7) is 5.72. The monoisotopic (exact) mass is 373 g/mol. The highest BCUT2D eigenvalue weighted by atomic mass is 79.9. The van der Waals surface area contributed by atoms with E-state index in [9.17, 15) is 9.59 Å². The van der Waals surface area contributed by atoms with E-state index in [1.54, 1.807) is 4.90 Å². The number of halogens is 1. The first-order chi connectivity index (χ1) is 9.76. The van der Waals surface area contributed by atoms with Crippen LogP contribution in [-0.4, -0.2) is 43.7 Å². The summed E-state index contributed by atoms with van der Waals surface area (Å²) in [5.41, 5.74) is -0.130. The molecule has 1 N–H and O–H groups in total. The topological polar surface area (TPSA) is 92.6 Å². The van der Waals surface area contributed by atoms with Gasteiger partial charge in [0, 0.05) is 6.04 Å². The van der Waals surface area contributed by atoms with Gasteiger partial charge in [0.15, 0.2) is 5.69 Å². The largest absolute Gasteiger partial charge is 0.476 e. The number of carboxylic acid groups (broad SMARTS) is 1. The lowest BCUT2D eigenvalue weighted by Crippen LogP contribution is -2.38. The van der Waals surface area contributed by atoms with Crippen LogP contribution in [-0.2, 0) is 11.3 Å². The zero-order valence-corrected chi connectivity index (χ0v) is 14.5. The molecule has 1 aliphatic carbocycles. The summed E-state index contributed by atoms with van der Waals surface area (Å²) in [5.74, 6) is -1.12. The molecule has 8 heteroatoms. The molecule has 1 fully saturated rings. The van der Waals surface area contributed by atoms with Crippen molar-refractivity contribution in [2.75, 3.05) is 0 Å². The summed E-state index contributed by atoms with van der Waals surface area (Å²) in [6, 6.07) is 0.167. The summed E-state index contributed by atoms with van der Waals surface area (Å²) in [6.07, 6.45) is 4.08. The molecule has 0 aromatic carbocycles. The summed E-state index contributed by atoms with van der Waals surface area (Å²) in [5, 5.41) is 8.78. The molecule has 0 saturated heterocycles. The van der Waals surface area contributed by atoms with Gasteiger partial charge in [0.25, 0.3) is 0 Å². The average molecular weight is 374 g/mol. The number of carboxylic acids is 1. The molecule has 1 aliphatic rings.